The highest BCUT2D eigenvalue weighted by Crippen LogP contribution is 2.60. The van der Waals surface area contributed by atoms with Crippen LogP contribution in [0.15, 0.2) is 140 Å². The molecular weight excluding hydrogens is 983 g/mol. The van der Waals surface area contributed by atoms with Gasteiger partial charge in [0, 0.05) is 38.8 Å². The maximum atomic E-state index is 12.6. The molecule has 0 spiro atoms. The quantitative estimate of drug-likeness (QED) is 0.0659. The summed E-state index contributed by atoms with van der Waals surface area (Å²) in [7, 11) is 8.43. The second-order valence-corrected chi connectivity index (χ2v) is 22.5. The van der Waals surface area contributed by atoms with Crippen molar-refractivity contribution < 1.29 is 37.5 Å². The highest BCUT2D eigenvalue weighted by Gasteiger charge is 2.48. The van der Waals surface area contributed by atoms with Gasteiger partial charge in [0.15, 0.2) is 0 Å². The van der Waals surface area contributed by atoms with Gasteiger partial charge in [-0.15, -0.1) is 0 Å². The fraction of sp³-hybridized carbons (Fsp3) is 0.288. The lowest BCUT2D eigenvalue weighted by atomic mass is 9.59. The van der Waals surface area contributed by atoms with Crippen molar-refractivity contribution in [2.24, 2.45) is 11.8 Å². The van der Waals surface area contributed by atoms with E-state index >= 15 is 0 Å². The first-order valence-corrected chi connectivity index (χ1v) is 28.2. The van der Waals surface area contributed by atoms with Gasteiger partial charge >= 0.3 is 0 Å². The average Bonchev–Trinajstić information content (AvgIpc) is 3.53. The van der Waals surface area contributed by atoms with Gasteiger partial charge in [-0.2, -0.15) is 0 Å². The van der Waals surface area contributed by atoms with Crippen LogP contribution in [0.5, 0.6) is 40.2 Å². The highest BCUT2D eigenvalue weighted by atomic mass is 31.1. The number of carbonyl (C=O) groups is 1. The van der Waals surface area contributed by atoms with Crippen molar-refractivity contribution in [2.45, 2.75) is 77.3 Å². The average molecular weight is 1050 g/mol. The molecule has 8 aromatic rings. The van der Waals surface area contributed by atoms with Crippen molar-refractivity contribution in [1.29, 1.82) is 0 Å². The van der Waals surface area contributed by atoms with Crippen LogP contribution in [0.25, 0.3) is 44.2 Å². The summed E-state index contributed by atoms with van der Waals surface area (Å²) in [5.74, 6) is 6.27. The number of benzene rings is 8. The SMILES string of the molecule is COc1cc(C)c(OC)c(-c2cc(OC)cc(C)c2OPc2c(-c3ccccc3)cc3ccccc3c2C2C3CCCCC3CC(c3ccccc3)C2POc2c(C)cc(C=O)cc2-c2cc(OC)cc(C)c2OC)c1. The van der Waals surface area contributed by atoms with E-state index in [0.717, 1.165) is 104 Å². The first kappa shape index (κ1) is 52.6. The van der Waals surface area contributed by atoms with E-state index in [-0.39, 0.29) is 35.1 Å². The zero-order valence-electron chi connectivity index (χ0n) is 45.0. The topological polar surface area (TPSA) is 81.7 Å². The maximum Gasteiger partial charge on any atom is 0.150 e. The number of fused-ring (bicyclic) bond motifs is 2. The van der Waals surface area contributed by atoms with Crippen LogP contribution < -0.4 is 38.0 Å². The van der Waals surface area contributed by atoms with Crippen molar-refractivity contribution in [2.75, 3.05) is 35.5 Å². The molecule has 0 aliphatic heterocycles. The molecule has 0 bridgehead atoms. The van der Waals surface area contributed by atoms with E-state index < -0.39 is 0 Å². The Hall–Kier alpha value is -6.85. The molecule has 0 N–H and O–H groups in total. The molecule has 7 atom stereocenters. The molecule has 2 aliphatic carbocycles. The largest absolute Gasteiger partial charge is 0.497 e. The Morgan fingerprint density at radius 2 is 1.04 bits per heavy atom. The second kappa shape index (κ2) is 23.2. The smallest absolute Gasteiger partial charge is 0.150 e. The van der Waals surface area contributed by atoms with Crippen molar-refractivity contribution in [3.05, 3.63) is 178 Å². The summed E-state index contributed by atoms with van der Waals surface area (Å²) in [6, 6.07) is 49.3. The molecule has 10 rings (SSSR count). The maximum absolute atomic E-state index is 12.6. The Morgan fingerprint density at radius 1 is 0.513 bits per heavy atom. The van der Waals surface area contributed by atoms with Crippen molar-refractivity contribution >= 4 is 40.0 Å². The van der Waals surface area contributed by atoms with Crippen molar-refractivity contribution in [3.63, 3.8) is 0 Å². The van der Waals surface area contributed by atoms with Crippen LogP contribution in [0.4, 0.5) is 0 Å². The summed E-state index contributed by atoms with van der Waals surface area (Å²) in [5, 5.41) is 3.64. The zero-order valence-corrected chi connectivity index (χ0v) is 47.0. The number of carbonyl (C=O) groups excluding carboxylic acids is 1. The van der Waals surface area contributed by atoms with Crippen LogP contribution in [0.1, 0.15) is 87.7 Å². The van der Waals surface area contributed by atoms with Crippen LogP contribution in [-0.2, 0) is 0 Å². The van der Waals surface area contributed by atoms with Gasteiger partial charge in [0.25, 0.3) is 0 Å². The summed E-state index contributed by atoms with van der Waals surface area (Å²) < 4.78 is 45.0. The van der Waals surface area contributed by atoms with Crippen LogP contribution in [0.3, 0.4) is 0 Å². The third-order valence-electron chi connectivity index (χ3n) is 16.0. The molecule has 0 saturated heterocycles. The Bertz CT molecular complexity index is 3390. The molecule has 2 aliphatic rings. The summed E-state index contributed by atoms with van der Waals surface area (Å²) in [5.41, 5.74) is 12.7. The number of hydrogen-bond donors (Lipinski definition) is 0. The molecule has 0 radical (unpaired) electrons. The molecule has 0 heterocycles. The molecule has 0 aromatic heterocycles. The fourth-order valence-electron chi connectivity index (χ4n) is 12.5. The molecule has 0 amide bonds. The second-order valence-electron chi connectivity index (χ2n) is 20.4. The van der Waals surface area contributed by atoms with Crippen LogP contribution in [0, 0.1) is 39.5 Å². The van der Waals surface area contributed by atoms with Crippen LogP contribution in [0.2, 0.25) is 0 Å². The monoisotopic (exact) mass is 1050 g/mol. The minimum Gasteiger partial charge on any atom is -0.497 e. The molecule has 76 heavy (non-hydrogen) atoms. The molecule has 8 aromatic carbocycles. The number of aryl methyl sites for hydroxylation is 4. The highest BCUT2D eigenvalue weighted by molar-refractivity contribution is 7.43. The minimum absolute atomic E-state index is 0.0411. The van der Waals surface area contributed by atoms with Gasteiger partial charge in [-0.3, -0.25) is 4.79 Å². The standard InChI is InChI=1S/C66H68O8P2/c1-39-28-43(38-67)32-55(56-35-48(68-5)29-40(2)61(56)71-8)63(39)73-75-65-53(44-20-12-10-13-21-44)33-46-24-16-18-26-51(46)59(65)60-52-27-19-17-25-47(52)34-54(45-22-14-11-15-23-45)66(60)76-74-64-42(4)31-50(70-7)37-58(64)57-36-49(69-6)30-41(3)62(57)72-9/h10-15,17,19-23,25,27-32,34-38,46,51,53,59,65,75-76H,16,18,24,26,33H2,1-9H3. The van der Waals surface area contributed by atoms with Gasteiger partial charge < -0.3 is 32.7 Å². The Kier molecular flexibility index (Phi) is 16.0. The van der Waals surface area contributed by atoms with E-state index in [0.29, 0.717) is 28.9 Å². The van der Waals surface area contributed by atoms with E-state index in [4.69, 9.17) is 32.7 Å². The minimum atomic E-state index is -0.0930. The van der Waals surface area contributed by atoms with Gasteiger partial charge in [0.1, 0.15) is 55.3 Å². The molecule has 10 heteroatoms. The van der Waals surface area contributed by atoms with Crippen LogP contribution >= 0.6 is 17.6 Å². The van der Waals surface area contributed by atoms with E-state index in [9.17, 15) is 4.79 Å². The van der Waals surface area contributed by atoms with E-state index in [1.54, 1.807) is 35.5 Å². The van der Waals surface area contributed by atoms with Gasteiger partial charge in [-0.05, 0) is 174 Å². The number of ether oxygens (including phenoxy) is 5. The summed E-state index contributed by atoms with van der Waals surface area (Å²) in [6.07, 6.45) is 6.70. The number of rotatable bonds is 17. The fourth-order valence-corrected chi connectivity index (χ4v) is 15.3. The zero-order chi connectivity index (χ0) is 53.0. The lowest BCUT2D eigenvalue weighted by molar-refractivity contribution is 0.112. The summed E-state index contributed by atoms with van der Waals surface area (Å²) in [4.78, 5) is 12.6. The molecule has 2 saturated carbocycles. The predicted molar refractivity (Wildman–Crippen MR) is 314 cm³/mol. The van der Waals surface area contributed by atoms with Gasteiger partial charge in [0.05, 0.1) is 44.4 Å². The Labute approximate surface area is 452 Å². The first-order chi connectivity index (χ1) is 37.1. The first-order valence-electron chi connectivity index (χ1n) is 26.3. The lowest BCUT2D eigenvalue weighted by Crippen LogP contribution is -2.42. The number of aldehydes is 1. The molecule has 8 nitrogen and oxygen atoms in total. The predicted octanol–water partition coefficient (Wildman–Crippen LogP) is 16.3. The van der Waals surface area contributed by atoms with E-state index in [2.05, 4.69) is 110 Å². The summed E-state index contributed by atoms with van der Waals surface area (Å²) in [6.45, 7) is 8.20. The third-order valence-corrected chi connectivity index (χ3v) is 18.4. The molecule has 7 unspecified atom stereocenters. The van der Waals surface area contributed by atoms with E-state index in [1.165, 1.54) is 46.5 Å². The lowest BCUT2D eigenvalue weighted by Gasteiger charge is -2.50. The third kappa shape index (κ3) is 10.3. The number of methoxy groups -OCH3 is 5. The normalized spacial score (nSPS) is 18.4. The molecule has 390 valence electrons. The Balaban J connectivity index is 1.21. The number of hydrogen-bond acceptors (Lipinski definition) is 8. The summed E-state index contributed by atoms with van der Waals surface area (Å²) >= 11 is 0. The Morgan fingerprint density at radius 3 is 1.64 bits per heavy atom. The molecule has 2 fully saturated rings. The van der Waals surface area contributed by atoms with Gasteiger partial charge in [0.2, 0.25) is 0 Å². The van der Waals surface area contributed by atoms with E-state index in [1.807, 2.05) is 57.2 Å². The van der Waals surface area contributed by atoms with Crippen molar-refractivity contribution in [3.8, 4) is 73.6 Å². The van der Waals surface area contributed by atoms with Crippen LogP contribution in [-0.4, -0.2) is 47.5 Å². The van der Waals surface area contributed by atoms with Gasteiger partial charge in [-0.1, -0.05) is 104 Å². The molecular formula is C66H68O8P2. The van der Waals surface area contributed by atoms with Gasteiger partial charge in [-0.25, -0.2) is 0 Å². The van der Waals surface area contributed by atoms with Crippen molar-refractivity contribution in [1.82, 2.24) is 0 Å².